The molecule has 0 bridgehead atoms. The van der Waals surface area contributed by atoms with E-state index < -0.39 is 16.3 Å². The number of nitrogens with zero attached hydrogens (tertiary/aromatic N) is 1. The zero-order valence-corrected chi connectivity index (χ0v) is 12.4. The Hall–Kier alpha value is -1.90. The van der Waals surface area contributed by atoms with Crippen LogP contribution in [0.25, 0.3) is 11.1 Å². The van der Waals surface area contributed by atoms with Crippen molar-refractivity contribution in [2.24, 2.45) is 0 Å². The second-order valence-corrected chi connectivity index (χ2v) is 7.02. The zero-order chi connectivity index (χ0) is 15.0. The van der Waals surface area contributed by atoms with Gasteiger partial charge >= 0.3 is 10.2 Å². The van der Waals surface area contributed by atoms with E-state index in [1.54, 1.807) is 6.07 Å². The van der Waals surface area contributed by atoms with Crippen LogP contribution in [-0.4, -0.2) is 32.4 Å². The minimum atomic E-state index is -3.80. The summed E-state index contributed by atoms with van der Waals surface area (Å²) < 4.78 is 27.1. The van der Waals surface area contributed by atoms with E-state index in [-0.39, 0.29) is 18.0 Å². The Morgan fingerprint density at radius 1 is 1.33 bits per heavy atom. The molecule has 3 rings (SSSR count). The predicted octanol–water partition coefficient (Wildman–Crippen LogP) is 1.34. The maximum absolute atomic E-state index is 11.9. The molecule has 1 unspecified atom stereocenters. The normalized spacial score (nSPS) is 20.6. The molecule has 0 amide bonds. The minimum absolute atomic E-state index is 0.0306. The molecule has 1 saturated heterocycles. The van der Waals surface area contributed by atoms with Crippen LogP contribution in [0, 0.1) is 0 Å². The molecule has 0 aliphatic carbocycles. The maximum Gasteiger partial charge on any atom is 0.302 e. The minimum Gasteiger partial charge on any atom is -0.506 e. The number of aromatic hydroxyl groups is 1. The van der Waals surface area contributed by atoms with Gasteiger partial charge < -0.3 is 9.90 Å². The second-order valence-electron chi connectivity index (χ2n) is 4.61. The van der Waals surface area contributed by atoms with E-state index in [1.807, 2.05) is 16.8 Å². The molecule has 0 radical (unpaired) electrons. The molecule has 2 aromatic rings. The summed E-state index contributed by atoms with van der Waals surface area (Å²) in [5.41, 5.74) is 1.91. The molecule has 2 heterocycles. The van der Waals surface area contributed by atoms with E-state index in [4.69, 9.17) is 0 Å². The summed E-state index contributed by atoms with van der Waals surface area (Å²) >= 11 is 1.54. The number of hydrogen-bond donors (Lipinski definition) is 2. The Morgan fingerprint density at radius 2 is 2.14 bits per heavy atom. The molecular weight excluding hydrogens is 312 g/mol. The van der Waals surface area contributed by atoms with Crippen molar-refractivity contribution in [1.29, 1.82) is 0 Å². The van der Waals surface area contributed by atoms with Crippen molar-refractivity contribution in [3.8, 4) is 16.9 Å². The first-order chi connectivity index (χ1) is 10.0. The number of carbonyl (C=O) groups excluding carboxylic acids is 1. The van der Waals surface area contributed by atoms with Crippen molar-refractivity contribution < 1.29 is 18.3 Å². The van der Waals surface area contributed by atoms with E-state index in [1.165, 1.54) is 23.5 Å². The van der Waals surface area contributed by atoms with Gasteiger partial charge in [-0.05, 0) is 40.1 Å². The van der Waals surface area contributed by atoms with Gasteiger partial charge in [0.1, 0.15) is 12.0 Å². The molecule has 1 fully saturated rings. The van der Waals surface area contributed by atoms with Crippen LogP contribution in [0.5, 0.6) is 5.75 Å². The molecule has 1 atom stereocenters. The summed E-state index contributed by atoms with van der Waals surface area (Å²) in [7, 11) is -3.80. The van der Waals surface area contributed by atoms with Crippen molar-refractivity contribution in [3.05, 3.63) is 35.0 Å². The van der Waals surface area contributed by atoms with Crippen LogP contribution in [0.4, 0.5) is 5.69 Å². The molecule has 0 saturated carbocycles. The summed E-state index contributed by atoms with van der Waals surface area (Å²) in [5.74, 6) is -0.143. The Kier molecular flexibility index (Phi) is 3.44. The lowest BCUT2D eigenvalue weighted by atomic mass is 10.1. The molecule has 8 heteroatoms. The van der Waals surface area contributed by atoms with Crippen molar-refractivity contribution in [2.45, 2.75) is 6.04 Å². The van der Waals surface area contributed by atoms with Crippen LogP contribution >= 0.6 is 11.3 Å². The lowest BCUT2D eigenvalue weighted by molar-refractivity contribution is -0.108. The summed E-state index contributed by atoms with van der Waals surface area (Å²) in [6, 6.07) is 5.90. The summed E-state index contributed by atoms with van der Waals surface area (Å²) in [6.45, 7) is -0.0306. The molecule has 6 nitrogen and oxygen atoms in total. The monoisotopic (exact) mass is 324 g/mol. The van der Waals surface area contributed by atoms with Gasteiger partial charge in [0.25, 0.3) is 0 Å². The standard InChI is InChI=1S/C13H12N2O4S2/c16-7-11-6-15(21(18,19)14-11)12-2-1-9(5-13(12)17)10-3-4-20-8-10/h1-5,7-8,11,14,17H,6H2. The van der Waals surface area contributed by atoms with Crippen molar-refractivity contribution in [2.75, 3.05) is 10.8 Å². The Bertz CT molecular complexity index is 771. The molecule has 0 spiro atoms. The lowest BCUT2D eigenvalue weighted by Crippen LogP contribution is -2.30. The number of phenolic OH excluding ortho intramolecular Hbond substituents is 1. The van der Waals surface area contributed by atoms with Crippen molar-refractivity contribution in [1.82, 2.24) is 4.72 Å². The van der Waals surface area contributed by atoms with Gasteiger partial charge in [0, 0.05) is 0 Å². The van der Waals surface area contributed by atoms with Crippen molar-refractivity contribution >= 4 is 33.5 Å². The van der Waals surface area contributed by atoms with Crippen LogP contribution in [0.2, 0.25) is 0 Å². The Balaban J connectivity index is 1.99. The summed E-state index contributed by atoms with van der Waals surface area (Å²) in [4.78, 5) is 10.8. The predicted molar refractivity (Wildman–Crippen MR) is 80.7 cm³/mol. The molecule has 21 heavy (non-hydrogen) atoms. The molecule has 1 aromatic heterocycles. The van der Waals surface area contributed by atoms with E-state index in [0.29, 0.717) is 6.29 Å². The first-order valence-electron chi connectivity index (χ1n) is 6.12. The Labute approximate surface area is 125 Å². The van der Waals surface area contributed by atoms with Gasteiger partial charge in [0.05, 0.1) is 18.3 Å². The van der Waals surface area contributed by atoms with Crippen LogP contribution in [0.3, 0.4) is 0 Å². The Morgan fingerprint density at radius 3 is 2.71 bits per heavy atom. The van der Waals surface area contributed by atoms with Crippen LogP contribution in [0.15, 0.2) is 35.0 Å². The van der Waals surface area contributed by atoms with Gasteiger partial charge in [-0.1, -0.05) is 6.07 Å². The first-order valence-corrected chi connectivity index (χ1v) is 8.50. The van der Waals surface area contributed by atoms with E-state index in [2.05, 4.69) is 4.72 Å². The lowest BCUT2D eigenvalue weighted by Gasteiger charge is -2.17. The second kappa shape index (κ2) is 5.14. The highest BCUT2D eigenvalue weighted by molar-refractivity contribution is 7.91. The van der Waals surface area contributed by atoms with E-state index >= 15 is 0 Å². The average molecular weight is 324 g/mol. The average Bonchev–Trinajstić information content (AvgIpc) is 3.06. The van der Waals surface area contributed by atoms with Gasteiger partial charge in [-0.15, -0.1) is 0 Å². The highest BCUT2D eigenvalue weighted by Crippen LogP contribution is 2.35. The number of phenols is 1. The van der Waals surface area contributed by atoms with Gasteiger partial charge in [0.2, 0.25) is 0 Å². The number of nitrogens with one attached hydrogen (secondary N) is 1. The number of carbonyl (C=O) groups is 1. The molecule has 1 aliphatic heterocycles. The number of rotatable bonds is 3. The maximum atomic E-state index is 11.9. The number of anilines is 1. The quantitative estimate of drug-likeness (QED) is 0.834. The van der Waals surface area contributed by atoms with Gasteiger partial charge in [-0.25, -0.2) is 0 Å². The number of aldehydes is 1. The third-order valence-electron chi connectivity index (χ3n) is 3.22. The zero-order valence-electron chi connectivity index (χ0n) is 10.8. The van der Waals surface area contributed by atoms with Crippen LogP contribution in [0.1, 0.15) is 0 Å². The van der Waals surface area contributed by atoms with Gasteiger partial charge in [0.15, 0.2) is 0 Å². The van der Waals surface area contributed by atoms with Gasteiger partial charge in [-0.2, -0.15) is 24.5 Å². The fourth-order valence-corrected chi connectivity index (χ4v) is 4.29. The SMILES string of the molecule is O=CC1CN(c2ccc(-c3ccsc3)cc2O)S(=O)(=O)N1. The smallest absolute Gasteiger partial charge is 0.302 e. The van der Waals surface area contributed by atoms with Gasteiger partial charge in [-0.3, -0.25) is 4.31 Å². The molecule has 1 aliphatic rings. The highest BCUT2D eigenvalue weighted by Gasteiger charge is 2.36. The molecular formula is C13H12N2O4S2. The third kappa shape index (κ3) is 2.53. The van der Waals surface area contributed by atoms with E-state index in [9.17, 15) is 18.3 Å². The van der Waals surface area contributed by atoms with Crippen LogP contribution in [-0.2, 0) is 15.0 Å². The van der Waals surface area contributed by atoms with Crippen molar-refractivity contribution in [3.63, 3.8) is 0 Å². The largest absolute Gasteiger partial charge is 0.506 e. The fourth-order valence-electron chi connectivity index (χ4n) is 2.21. The number of thiophene rings is 1. The summed E-state index contributed by atoms with van der Waals surface area (Å²) in [6.07, 6.45) is 0.536. The number of hydrogen-bond acceptors (Lipinski definition) is 5. The highest BCUT2D eigenvalue weighted by atomic mass is 32.2. The summed E-state index contributed by atoms with van der Waals surface area (Å²) in [5, 5.41) is 14.0. The fraction of sp³-hybridized carbons (Fsp3) is 0.154. The molecule has 110 valence electrons. The van der Waals surface area contributed by atoms with E-state index in [0.717, 1.165) is 15.4 Å². The molecule has 2 N–H and O–H groups in total. The molecule has 1 aromatic carbocycles. The van der Waals surface area contributed by atoms with Crippen LogP contribution < -0.4 is 9.03 Å². The third-order valence-corrected chi connectivity index (χ3v) is 5.43. The topological polar surface area (TPSA) is 86.7 Å². The first kappa shape index (κ1) is 14.1. The number of benzene rings is 1.